The maximum absolute atomic E-state index is 12.3. The van der Waals surface area contributed by atoms with Gasteiger partial charge in [0, 0.05) is 18.3 Å². The summed E-state index contributed by atoms with van der Waals surface area (Å²) in [6.45, 7) is 6.36. The van der Waals surface area contributed by atoms with Crippen LogP contribution in [0.25, 0.3) is 0 Å². The minimum atomic E-state index is -0.410. The second kappa shape index (κ2) is 7.17. The van der Waals surface area contributed by atoms with Crippen molar-refractivity contribution in [3.63, 3.8) is 0 Å². The standard InChI is InChI=1S/C28H36O4/c1-26-12-10-20(29)16-19(26)6-9-22-24-11-13-28(31-14-15-32-28)27(24,2)17-23(25(22)26)18-4-7-21(30-3)8-5-18/h4-5,7-8,16,22-25H,6,9-15,17H2,1-3H3/t22-,23+,24-,25+,26-,27-/m0/s1. The van der Waals surface area contributed by atoms with Gasteiger partial charge in [0.05, 0.1) is 20.3 Å². The van der Waals surface area contributed by atoms with Crippen LogP contribution in [-0.4, -0.2) is 31.9 Å². The van der Waals surface area contributed by atoms with Gasteiger partial charge in [0.25, 0.3) is 0 Å². The Labute approximate surface area is 191 Å². The van der Waals surface area contributed by atoms with Crippen LogP contribution in [0.3, 0.4) is 0 Å². The number of carbonyl (C=O) groups excluding carboxylic acids is 1. The molecule has 1 saturated heterocycles. The van der Waals surface area contributed by atoms with E-state index in [1.807, 2.05) is 6.08 Å². The molecule has 0 bridgehead atoms. The van der Waals surface area contributed by atoms with Gasteiger partial charge in [-0.2, -0.15) is 0 Å². The number of ether oxygens (including phenoxy) is 3. The first-order valence-corrected chi connectivity index (χ1v) is 12.6. The number of hydrogen-bond donors (Lipinski definition) is 0. The maximum Gasteiger partial charge on any atom is 0.174 e. The van der Waals surface area contributed by atoms with Gasteiger partial charge in [-0.05, 0) is 85.0 Å². The minimum absolute atomic E-state index is 0.0251. The monoisotopic (exact) mass is 436 g/mol. The van der Waals surface area contributed by atoms with Crippen LogP contribution in [-0.2, 0) is 14.3 Å². The smallest absolute Gasteiger partial charge is 0.174 e. The van der Waals surface area contributed by atoms with Gasteiger partial charge in [0.1, 0.15) is 5.75 Å². The lowest BCUT2D eigenvalue weighted by molar-refractivity contribution is -0.246. The molecule has 3 saturated carbocycles. The highest BCUT2D eigenvalue weighted by molar-refractivity contribution is 5.91. The number of fused-ring (bicyclic) bond motifs is 6. The van der Waals surface area contributed by atoms with E-state index >= 15 is 0 Å². The molecule has 1 spiro atoms. The molecule has 1 aromatic carbocycles. The summed E-state index contributed by atoms with van der Waals surface area (Å²) >= 11 is 0. The molecule has 6 atom stereocenters. The lowest BCUT2D eigenvalue weighted by atomic mass is 9.43. The highest BCUT2D eigenvalue weighted by Gasteiger charge is 2.68. The van der Waals surface area contributed by atoms with Gasteiger partial charge in [-0.3, -0.25) is 4.79 Å². The topological polar surface area (TPSA) is 44.8 Å². The first-order valence-electron chi connectivity index (χ1n) is 12.6. The van der Waals surface area contributed by atoms with Gasteiger partial charge in [-0.25, -0.2) is 0 Å². The van der Waals surface area contributed by atoms with Crippen molar-refractivity contribution in [1.29, 1.82) is 0 Å². The Kier molecular flexibility index (Phi) is 4.69. The molecule has 0 N–H and O–H groups in total. The first kappa shape index (κ1) is 20.9. The Morgan fingerprint density at radius 1 is 1.00 bits per heavy atom. The summed E-state index contributed by atoms with van der Waals surface area (Å²) in [5.74, 6) is 3.07. The molecular weight excluding hydrogens is 400 g/mol. The van der Waals surface area contributed by atoms with E-state index in [1.54, 1.807) is 7.11 Å². The fraction of sp³-hybridized carbons (Fsp3) is 0.679. The van der Waals surface area contributed by atoms with Gasteiger partial charge in [0.2, 0.25) is 0 Å². The molecule has 4 fully saturated rings. The van der Waals surface area contributed by atoms with Crippen molar-refractivity contribution in [2.75, 3.05) is 20.3 Å². The fourth-order valence-electron chi connectivity index (χ4n) is 8.80. The number of rotatable bonds is 2. The van der Waals surface area contributed by atoms with E-state index in [2.05, 4.69) is 38.1 Å². The molecule has 32 heavy (non-hydrogen) atoms. The molecule has 1 heterocycles. The number of hydrogen-bond acceptors (Lipinski definition) is 4. The number of carbonyl (C=O) groups is 1. The van der Waals surface area contributed by atoms with Crippen LogP contribution in [0.5, 0.6) is 5.75 Å². The molecule has 6 rings (SSSR count). The molecule has 1 aromatic rings. The average Bonchev–Trinajstić information content (AvgIpc) is 3.39. The Balaban J connectivity index is 1.48. The summed E-state index contributed by atoms with van der Waals surface area (Å²) in [6.07, 6.45) is 9.25. The quantitative estimate of drug-likeness (QED) is 0.600. The minimum Gasteiger partial charge on any atom is -0.497 e. The predicted molar refractivity (Wildman–Crippen MR) is 122 cm³/mol. The highest BCUT2D eigenvalue weighted by Crippen LogP contribution is 2.71. The van der Waals surface area contributed by atoms with Crippen LogP contribution in [0.4, 0.5) is 0 Å². The molecule has 4 nitrogen and oxygen atoms in total. The molecular formula is C28H36O4. The summed E-state index contributed by atoms with van der Waals surface area (Å²) in [4.78, 5) is 12.3. The highest BCUT2D eigenvalue weighted by atomic mass is 16.7. The van der Waals surface area contributed by atoms with E-state index in [0.29, 0.717) is 35.9 Å². The number of allylic oxidation sites excluding steroid dienone is 1. The molecule has 0 unspecified atom stereocenters. The van der Waals surface area contributed by atoms with Gasteiger partial charge in [-0.15, -0.1) is 0 Å². The summed E-state index contributed by atoms with van der Waals surface area (Å²) in [5.41, 5.74) is 2.95. The van der Waals surface area contributed by atoms with Crippen molar-refractivity contribution in [2.45, 2.75) is 70.5 Å². The lowest BCUT2D eigenvalue weighted by Gasteiger charge is -2.61. The Hall–Kier alpha value is -1.65. The summed E-state index contributed by atoms with van der Waals surface area (Å²) in [6, 6.07) is 8.77. The third-order valence-electron chi connectivity index (χ3n) is 10.3. The number of benzene rings is 1. The van der Waals surface area contributed by atoms with Gasteiger partial charge in [-0.1, -0.05) is 31.6 Å². The molecule has 4 heteroatoms. The Bertz CT molecular complexity index is 943. The first-order chi connectivity index (χ1) is 15.4. The maximum atomic E-state index is 12.3. The molecule has 172 valence electrons. The number of ketones is 1. The van der Waals surface area contributed by atoms with E-state index in [4.69, 9.17) is 14.2 Å². The van der Waals surface area contributed by atoms with Gasteiger partial charge in [0.15, 0.2) is 11.6 Å². The second-order valence-corrected chi connectivity index (χ2v) is 11.4. The zero-order valence-electron chi connectivity index (χ0n) is 19.7. The van der Waals surface area contributed by atoms with Crippen molar-refractivity contribution >= 4 is 5.78 Å². The van der Waals surface area contributed by atoms with Crippen molar-refractivity contribution in [2.24, 2.45) is 28.6 Å². The summed E-state index contributed by atoms with van der Waals surface area (Å²) in [5, 5.41) is 0. The second-order valence-electron chi connectivity index (χ2n) is 11.4. The van der Waals surface area contributed by atoms with Crippen LogP contribution in [0.2, 0.25) is 0 Å². The molecule has 4 aliphatic carbocycles. The third kappa shape index (κ3) is 2.72. The fourth-order valence-corrected chi connectivity index (χ4v) is 8.80. The van der Waals surface area contributed by atoms with Crippen LogP contribution in [0.1, 0.15) is 70.3 Å². The molecule has 0 amide bonds. The summed E-state index contributed by atoms with van der Waals surface area (Å²) < 4.78 is 18.3. The summed E-state index contributed by atoms with van der Waals surface area (Å²) in [7, 11) is 1.73. The molecule has 0 aromatic heterocycles. The van der Waals surface area contributed by atoms with Crippen LogP contribution >= 0.6 is 0 Å². The SMILES string of the molecule is COc1ccc([C@H]2C[C@@]3(C)[C@@H](CCC34OCCO4)[C@@H]3CCC4=CC(=O)CC[C@]4(C)[C@H]32)cc1. The molecule has 1 aliphatic heterocycles. The van der Waals surface area contributed by atoms with E-state index in [-0.39, 0.29) is 10.8 Å². The third-order valence-corrected chi connectivity index (χ3v) is 10.3. The molecule has 0 radical (unpaired) electrons. The lowest BCUT2D eigenvalue weighted by Crippen LogP contribution is -2.57. The van der Waals surface area contributed by atoms with Crippen LogP contribution < -0.4 is 4.74 Å². The largest absolute Gasteiger partial charge is 0.497 e. The van der Waals surface area contributed by atoms with Crippen molar-refractivity contribution in [3.8, 4) is 5.75 Å². The zero-order valence-corrected chi connectivity index (χ0v) is 19.7. The van der Waals surface area contributed by atoms with E-state index in [1.165, 1.54) is 24.0 Å². The average molecular weight is 437 g/mol. The van der Waals surface area contributed by atoms with E-state index in [0.717, 1.165) is 44.6 Å². The van der Waals surface area contributed by atoms with Crippen molar-refractivity contribution in [1.82, 2.24) is 0 Å². The van der Waals surface area contributed by atoms with Crippen molar-refractivity contribution in [3.05, 3.63) is 41.5 Å². The Morgan fingerprint density at radius 3 is 2.47 bits per heavy atom. The predicted octanol–water partition coefficient (Wildman–Crippen LogP) is 5.66. The number of methoxy groups -OCH3 is 1. The molecule has 5 aliphatic rings. The van der Waals surface area contributed by atoms with Crippen LogP contribution in [0, 0.1) is 28.6 Å². The van der Waals surface area contributed by atoms with E-state index < -0.39 is 5.79 Å². The van der Waals surface area contributed by atoms with Gasteiger partial charge < -0.3 is 14.2 Å². The van der Waals surface area contributed by atoms with Crippen LogP contribution in [0.15, 0.2) is 35.9 Å². The Morgan fingerprint density at radius 2 is 1.75 bits per heavy atom. The van der Waals surface area contributed by atoms with Crippen molar-refractivity contribution < 1.29 is 19.0 Å². The normalized spacial score (nSPS) is 42.2. The van der Waals surface area contributed by atoms with Gasteiger partial charge >= 0.3 is 0 Å². The zero-order chi connectivity index (χ0) is 22.1. The van der Waals surface area contributed by atoms with E-state index in [9.17, 15) is 4.79 Å².